The zero-order valence-corrected chi connectivity index (χ0v) is 21.3. The first-order valence-electron chi connectivity index (χ1n) is 11.0. The van der Waals surface area contributed by atoms with Crippen molar-refractivity contribution in [1.82, 2.24) is 0 Å². The van der Waals surface area contributed by atoms with E-state index in [2.05, 4.69) is 27.3 Å². The summed E-state index contributed by atoms with van der Waals surface area (Å²) in [5.74, 6) is 0.631. The maximum atomic E-state index is 12.8. The van der Waals surface area contributed by atoms with Gasteiger partial charge in [-0.1, -0.05) is 42.0 Å². The molecule has 0 radical (unpaired) electrons. The highest BCUT2D eigenvalue weighted by Crippen LogP contribution is 2.38. The van der Waals surface area contributed by atoms with Crippen LogP contribution in [0.5, 0.6) is 11.5 Å². The number of hydrogen-bond acceptors (Lipinski definition) is 4. The lowest BCUT2D eigenvalue weighted by Gasteiger charge is -2.15. The number of halogens is 1. The topological polar surface area (TPSA) is 71.3 Å². The number of anilines is 1. The average Bonchev–Trinajstić information content (AvgIpc) is 2.79. The van der Waals surface area contributed by atoms with Gasteiger partial charge < -0.3 is 14.8 Å². The van der Waals surface area contributed by atoms with Gasteiger partial charge in [-0.2, -0.15) is 5.26 Å². The van der Waals surface area contributed by atoms with E-state index >= 15 is 0 Å². The Morgan fingerprint density at radius 1 is 1.06 bits per heavy atom. The second-order valence-electron chi connectivity index (χ2n) is 7.98. The SMILES string of the molecule is CCOc1cc(/C=C(\C#N)C(=O)Nc2cc(C)ccc2C)cc(Br)c1OCc1cccc(C)c1. The van der Waals surface area contributed by atoms with Gasteiger partial charge in [0.25, 0.3) is 5.91 Å². The molecule has 3 aromatic rings. The normalized spacial score (nSPS) is 11.0. The predicted molar refractivity (Wildman–Crippen MR) is 139 cm³/mol. The largest absolute Gasteiger partial charge is 0.490 e. The first kappa shape index (κ1) is 25.1. The summed E-state index contributed by atoms with van der Waals surface area (Å²) < 4.78 is 12.5. The van der Waals surface area contributed by atoms with Crippen LogP contribution in [0.15, 0.2) is 64.6 Å². The van der Waals surface area contributed by atoms with Crippen molar-refractivity contribution in [2.45, 2.75) is 34.3 Å². The number of amides is 1. The van der Waals surface area contributed by atoms with Crippen LogP contribution in [0.3, 0.4) is 0 Å². The van der Waals surface area contributed by atoms with E-state index in [0.29, 0.717) is 40.4 Å². The summed E-state index contributed by atoms with van der Waals surface area (Å²) in [5.41, 5.74) is 5.47. The van der Waals surface area contributed by atoms with Crippen LogP contribution in [0.4, 0.5) is 5.69 Å². The molecule has 0 aromatic heterocycles. The van der Waals surface area contributed by atoms with Crippen molar-refractivity contribution >= 4 is 33.6 Å². The van der Waals surface area contributed by atoms with Gasteiger partial charge in [0.15, 0.2) is 11.5 Å². The molecular formula is C28H27BrN2O3. The molecule has 0 unspecified atom stereocenters. The Morgan fingerprint density at radius 3 is 2.53 bits per heavy atom. The molecule has 3 rings (SSSR count). The van der Waals surface area contributed by atoms with E-state index in [9.17, 15) is 10.1 Å². The summed E-state index contributed by atoms with van der Waals surface area (Å²) in [6.07, 6.45) is 1.54. The fraction of sp³-hybridized carbons (Fsp3) is 0.214. The highest BCUT2D eigenvalue weighted by Gasteiger charge is 2.15. The number of carbonyl (C=O) groups is 1. The number of nitriles is 1. The summed E-state index contributed by atoms with van der Waals surface area (Å²) in [4.78, 5) is 12.8. The second kappa shape index (κ2) is 11.5. The molecule has 5 nitrogen and oxygen atoms in total. The summed E-state index contributed by atoms with van der Waals surface area (Å²) in [6, 6.07) is 19.5. The van der Waals surface area contributed by atoms with E-state index in [1.54, 1.807) is 12.1 Å². The standard InChI is InChI=1S/C28H27BrN2O3/c1-5-33-26-15-22(14-24(29)27(26)34-17-21-8-6-7-18(2)11-21)13-23(16-30)28(32)31-25-12-19(3)9-10-20(25)4/h6-15H,5,17H2,1-4H3,(H,31,32)/b23-13+. The minimum atomic E-state index is -0.468. The van der Waals surface area contributed by atoms with E-state index in [4.69, 9.17) is 9.47 Å². The van der Waals surface area contributed by atoms with Gasteiger partial charge in [-0.25, -0.2) is 0 Å². The van der Waals surface area contributed by atoms with Crippen molar-refractivity contribution < 1.29 is 14.3 Å². The van der Waals surface area contributed by atoms with Gasteiger partial charge in [0, 0.05) is 5.69 Å². The molecule has 0 fully saturated rings. The van der Waals surface area contributed by atoms with Gasteiger partial charge >= 0.3 is 0 Å². The summed E-state index contributed by atoms with van der Waals surface area (Å²) in [6.45, 7) is 8.61. The van der Waals surface area contributed by atoms with Crippen LogP contribution in [0, 0.1) is 32.1 Å². The summed E-state index contributed by atoms with van der Waals surface area (Å²) >= 11 is 3.56. The molecule has 34 heavy (non-hydrogen) atoms. The molecule has 3 aromatic carbocycles. The number of ether oxygens (including phenoxy) is 2. The Kier molecular flexibility index (Phi) is 8.50. The molecule has 0 atom stereocenters. The van der Waals surface area contributed by atoms with Crippen molar-refractivity contribution in [3.63, 3.8) is 0 Å². The van der Waals surface area contributed by atoms with Crippen LogP contribution in [-0.2, 0) is 11.4 Å². The lowest BCUT2D eigenvalue weighted by molar-refractivity contribution is -0.112. The molecule has 1 N–H and O–H groups in total. The van der Waals surface area contributed by atoms with Gasteiger partial charge in [0.1, 0.15) is 18.2 Å². The third-order valence-corrected chi connectivity index (χ3v) is 5.70. The number of nitrogens with one attached hydrogen (secondary N) is 1. The highest BCUT2D eigenvalue weighted by molar-refractivity contribution is 9.10. The Balaban J connectivity index is 1.86. The monoisotopic (exact) mass is 518 g/mol. The molecule has 174 valence electrons. The second-order valence-corrected chi connectivity index (χ2v) is 8.84. The molecule has 0 aliphatic heterocycles. The molecule has 0 saturated carbocycles. The smallest absolute Gasteiger partial charge is 0.266 e. The number of rotatable bonds is 8. The Labute approximate surface area is 209 Å². The van der Waals surface area contributed by atoms with Crippen molar-refractivity contribution in [3.8, 4) is 17.6 Å². The van der Waals surface area contributed by atoms with Crippen molar-refractivity contribution in [2.75, 3.05) is 11.9 Å². The first-order chi connectivity index (χ1) is 16.3. The molecule has 0 bridgehead atoms. The van der Waals surface area contributed by atoms with Crippen molar-refractivity contribution in [2.24, 2.45) is 0 Å². The summed E-state index contributed by atoms with van der Waals surface area (Å²) in [7, 11) is 0. The van der Waals surface area contributed by atoms with Gasteiger partial charge in [-0.3, -0.25) is 4.79 Å². The average molecular weight is 519 g/mol. The van der Waals surface area contributed by atoms with Gasteiger partial charge in [0.2, 0.25) is 0 Å². The van der Waals surface area contributed by atoms with Crippen molar-refractivity contribution in [3.05, 3.63) is 92.5 Å². The molecular weight excluding hydrogens is 492 g/mol. The number of hydrogen-bond donors (Lipinski definition) is 1. The lowest BCUT2D eigenvalue weighted by Crippen LogP contribution is -2.14. The predicted octanol–water partition coefficient (Wildman–Crippen LogP) is 6.90. The van der Waals surface area contributed by atoms with Crippen LogP contribution in [0.1, 0.15) is 34.7 Å². The van der Waals surface area contributed by atoms with Crippen LogP contribution in [0.25, 0.3) is 6.08 Å². The van der Waals surface area contributed by atoms with E-state index in [1.165, 1.54) is 6.08 Å². The Hall–Kier alpha value is -3.56. The van der Waals surface area contributed by atoms with E-state index in [0.717, 1.165) is 22.3 Å². The lowest BCUT2D eigenvalue weighted by atomic mass is 10.1. The highest BCUT2D eigenvalue weighted by atomic mass is 79.9. The zero-order valence-electron chi connectivity index (χ0n) is 19.7. The first-order valence-corrected chi connectivity index (χ1v) is 11.7. The minimum Gasteiger partial charge on any atom is -0.490 e. The van der Waals surface area contributed by atoms with E-state index in [-0.39, 0.29) is 5.57 Å². The van der Waals surface area contributed by atoms with Crippen molar-refractivity contribution in [1.29, 1.82) is 5.26 Å². The van der Waals surface area contributed by atoms with Crippen LogP contribution in [-0.4, -0.2) is 12.5 Å². The quantitative estimate of drug-likeness (QED) is 0.260. The van der Waals surface area contributed by atoms with Crippen LogP contribution in [0.2, 0.25) is 0 Å². The fourth-order valence-electron chi connectivity index (χ4n) is 3.41. The molecule has 0 aliphatic carbocycles. The maximum Gasteiger partial charge on any atom is 0.266 e. The van der Waals surface area contributed by atoms with Crippen LogP contribution >= 0.6 is 15.9 Å². The third-order valence-electron chi connectivity index (χ3n) is 5.11. The number of carbonyl (C=O) groups excluding carboxylic acids is 1. The van der Waals surface area contributed by atoms with E-state index in [1.807, 2.05) is 70.2 Å². The van der Waals surface area contributed by atoms with Gasteiger partial charge in [-0.15, -0.1) is 0 Å². The van der Waals surface area contributed by atoms with Crippen LogP contribution < -0.4 is 14.8 Å². The Bertz CT molecular complexity index is 1280. The number of nitrogens with zero attached hydrogens (tertiary/aromatic N) is 1. The third kappa shape index (κ3) is 6.49. The molecule has 0 spiro atoms. The molecule has 0 heterocycles. The zero-order chi connectivity index (χ0) is 24.7. The molecule has 6 heteroatoms. The Morgan fingerprint density at radius 2 is 1.82 bits per heavy atom. The summed E-state index contributed by atoms with van der Waals surface area (Å²) in [5, 5.41) is 12.5. The van der Waals surface area contributed by atoms with Gasteiger partial charge in [0.05, 0.1) is 11.1 Å². The van der Waals surface area contributed by atoms with E-state index < -0.39 is 5.91 Å². The maximum absolute atomic E-state index is 12.8. The fourth-order valence-corrected chi connectivity index (χ4v) is 3.98. The molecule has 0 aliphatic rings. The minimum absolute atomic E-state index is 0.0105. The molecule has 1 amide bonds. The molecule has 0 saturated heterocycles. The number of aryl methyl sites for hydroxylation is 3. The number of benzene rings is 3. The van der Waals surface area contributed by atoms with Gasteiger partial charge in [-0.05, 0) is 90.2 Å².